The molecule has 6 rings (SSSR count). The number of aliphatic hydroxyl groups excluding tert-OH is 1. The van der Waals surface area contributed by atoms with Crippen LogP contribution in [0.4, 0.5) is 11.5 Å². The second-order valence-corrected chi connectivity index (χ2v) is 10.2. The van der Waals surface area contributed by atoms with Crippen molar-refractivity contribution in [3.8, 4) is 11.1 Å². The Morgan fingerprint density at radius 2 is 2.00 bits per heavy atom. The van der Waals surface area contributed by atoms with Crippen molar-refractivity contribution in [2.75, 3.05) is 36.9 Å². The zero-order valence-corrected chi connectivity index (χ0v) is 20.4. The van der Waals surface area contributed by atoms with Gasteiger partial charge >= 0.3 is 0 Å². The van der Waals surface area contributed by atoms with Crippen molar-refractivity contribution in [2.24, 2.45) is 5.92 Å². The summed E-state index contributed by atoms with van der Waals surface area (Å²) in [5.74, 6) is 1.80. The summed E-state index contributed by atoms with van der Waals surface area (Å²) < 4.78 is 0. The van der Waals surface area contributed by atoms with Crippen LogP contribution >= 0.6 is 0 Å². The second kappa shape index (κ2) is 9.17. The number of nitrogens with two attached hydrogens (primary N) is 1. The molecule has 2 aliphatic carbocycles. The van der Waals surface area contributed by atoms with E-state index in [0.29, 0.717) is 36.3 Å². The Morgan fingerprint density at radius 3 is 2.72 bits per heavy atom. The molecule has 186 valence electrons. The quantitative estimate of drug-likeness (QED) is 0.527. The van der Waals surface area contributed by atoms with Gasteiger partial charge in [0.2, 0.25) is 5.91 Å². The molecule has 3 aliphatic rings. The predicted octanol–water partition coefficient (Wildman–Crippen LogP) is 3.60. The largest absolute Gasteiger partial charge is 0.396 e. The molecular weight excluding hydrogens is 452 g/mol. The average Bonchev–Trinajstić information content (AvgIpc) is 3.81. The maximum absolute atomic E-state index is 12.7. The Hall–Kier alpha value is -3.52. The zero-order valence-electron chi connectivity index (χ0n) is 20.4. The number of aromatic nitrogens is 3. The summed E-state index contributed by atoms with van der Waals surface area (Å²) in [6.45, 7) is 5.85. The first-order valence-electron chi connectivity index (χ1n) is 12.9. The molecule has 36 heavy (non-hydrogen) atoms. The van der Waals surface area contributed by atoms with E-state index >= 15 is 0 Å². The van der Waals surface area contributed by atoms with E-state index in [-0.39, 0.29) is 25.0 Å². The van der Waals surface area contributed by atoms with Gasteiger partial charge in [-0.05, 0) is 67.5 Å². The lowest BCUT2D eigenvalue weighted by Crippen LogP contribution is -2.56. The van der Waals surface area contributed by atoms with Gasteiger partial charge in [-0.3, -0.25) is 4.79 Å². The number of nitrogens with zero attached hydrogens (tertiary/aromatic N) is 5. The molecule has 0 aromatic carbocycles. The molecule has 0 bridgehead atoms. The Balaban J connectivity index is 1.39. The fraction of sp³-hybridized carbons (Fsp3) is 0.429. The number of fused-ring (bicyclic) bond motifs is 1. The fourth-order valence-corrected chi connectivity index (χ4v) is 5.51. The lowest BCUT2D eigenvalue weighted by Gasteiger charge is -2.42. The van der Waals surface area contributed by atoms with E-state index in [1.165, 1.54) is 0 Å². The topological polar surface area (TPSA) is 108 Å². The molecule has 8 heteroatoms. The first kappa shape index (κ1) is 22.9. The molecule has 8 nitrogen and oxygen atoms in total. The fourth-order valence-electron chi connectivity index (χ4n) is 5.51. The number of anilines is 2. The minimum atomic E-state index is -0.107. The van der Waals surface area contributed by atoms with Gasteiger partial charge in [-0.25, -0.2) is 15.0 Å². The van der Waals surface area contributed by atoms with Crippen molar-refractivity contribution in [3.63, 3.8) is 0 Å². The molecule has 3 fully saturated rings. The van der Waals surface area contributed by atoms with E-state index in [0.717, 1.165) is 65.9 Å². The normalized spacial score (nSPS) is 20.1. The molecule has 3 N–H and O–H groups in total. The molecule has 4 heterocycles. The molecule has 1 amide bonds. The minimum absolute atomic E-state index is 0.0418. The highest BCUT2D eigenvalue weighted by atomic mass is 16.3. The second-order valence-electron chi connectivity index (χ2n) is 10.2. The van der Waals surface area contributed by atoms with Crippen LogP contribution in [0.25, 0.3) is 28.2 Å². The lowest BCUT2D eigenvalue weighted by molar-refractivity contribution is -0.135. The third-order valence-electron chi connectivity index (χ3n) is 7.66. The van der Waals surface area contributed by atoms with E-state index in [4.69, 9.17) is 10.7 Å². The van der Waals surface area contributed by atoms with Gasteiger partial charge in [0.1, 0.15) is 0 Å². The van der Waals surface area contributed by atoms with Gasteiger partial charge in [0, 0.05) is 49.1 Å². The third-order valence-corrected chi connectivity index (χ3v) is 7.66. The summed E-state index contributed by atoms with van der Waals surface area (Å²) >= 11 is 0. The maximum Gasteiger partial charge on any atom is 0.225 e. The van der Waals surface area contributed by atoms with E-state index in [1.807, 2.05) is 23.1 Å². The van der Waals surface area contributed by atoms with Crippen LogP contribution in [0.3, 0.4) is 0 Å². The molecular formula is C28H32N6O2. The molecule has 0 unspecified atom stereocenters. The number of hydrogen-bond donors (Lipinski definition) is 2. The van der Waals surface area contributed by atoms with Gasteiger partial charge in [0.15, 0.2) is 11.5 Å². The Bertz CT molecular complexity index is 1330. The van der Waals surface area contributed by atoms with Crippen molar-refractivity contribution in [2.45, 2.75) is 44.1 Å². The zero-order chi connectivity index (χ0) is 24.8. The summed E-state index contributed by atoms with van der Waals surface area (Å²) in [6, 6.07) is 8.24. The highest BCUT2D eigenvalue weighted by molar-refractivity contribution is 5.95. The first-order valence-corrected chi connectivity index (χ1v) is 12.9. The molecule has 2 saturated carbocycles. The van der Waals surface area contributed by atoms with Crippen LogP contribution in [0.5, 0.6) is 0 Å². The monoisotopic (exact) mass is 484 g/mol. The number of nitrogen functional groups attached to an aromatic ring is 1. The van der Waals surface area contributed by atoms with Gasteiger partial charge < -0.3 is 20.6 Å². The van der Waals surface area contributed by atoms with Crippen molar-refractivity contribution < 1.29 is 9.90 Å². The summed E-state index contributed by atoms with van der Waals surface area (Å²) in [5.41, 5.74) is 12.0. The van der Waals surface area contributed by atoms with Crippen LogP contribution in [0.2, 0.25) is 0 Å². The van der Waals surface area contributed by atoms with Crippen LogP contribution < -0.4 is 10.6 Å². The summed E-state index contributed by atoms with van der Waals surface area (Å²) in [4.78, 5) is 31.2. The van der Waals surface area contributed by atoms with Crippen LogP contribution in [-0.2, 0) is 4.79 Å². The summed E-state index contributed by atoms with van der Waals surface area (Å²) in [6.07, 6.45) is 8.21. The summed E-state index contributed by atoms with van der Waals surface area (Å²) in [7, 11) is 0. The van der Waals surface area contributed by atoms with Crippen molar-refractivity contribution in [1.82, 2.24) is 19.9 Å². The van der Waals surface area contributed by atoms with Gasteiger partial charge in [-0.15, -0.1) is 0 Å². The van der Waals surface area contributed by atoms with Gasteiger partial charge in [-0.2, -0.15) is 0 Å². The van der Waals surface area contributed by atoms with Crippen LogP contribution in [-0.4, -0.2) is 63.1 Å². The number of carbonyl (C=O) groups excluding carboxylic acids is 1. The Morgan fingerprint density at radius 1 is 1.17 bits per heavy atom. The van der Waals surface area contributed by atoms with Crippen molar-refractivity contribution in [3.05, 3.63) is 48.4 Å². The van der Waals surface area contributed by atoms with E-state index < -0.39 is 0 Å². The first-order chi connectivity index (χ1) is 17.6. The highest BCUT2D eigenvalue weighted by Gasteiger charge is 2.41. The molecule has 3 aromatic heterocycles. The van der Waals surface area contributed by atoms with Crippen molar-refractivity contribution >= 4 is 34.5 Å². The molecule has 1 aliphatic heterocycles. The van der Waals surface area contributed by atoms with E-state index in [2.05, 4.69) is 27.5 Å². The number of rotatable bonds is 7. The lowest BCUT2D eigenvalue weighted by atomic mass is 9.97. The Kier molecular flexibility index (Phi) is 5.84. The standard InChI is InChI=1S/C28H32N6O2/c1-2-19-14-21(20-4-3-10-30-27(20)31-19)22-15-23(29)28(32-26(22)18-7-8-18)33-11-12-34(25(36)9-13-35)24(16-33)17-5-6-17/h2-4,10,14-15,17-18,24,35H,1,5-9,11-13,16,29H2/t24-/m0/s1. The average molecular weight is 485 g/mol. The SMILES string of the molecule is C=Cc1cc(-c2cc(N)c(N3CCN(C(=O)CCO)[C@H](C4CC4)C3)nc2C2CC2)c2cccnc2n1. The smallest absolute Gasteiger partial charge is 0.225 e. The molecule has 1 saturated heterocycles. The number of hydrogen-bond acceptors (Lipinski definition) is 7. The molecule has 1 atom stereocenters. The summed E-state index contributed by atoms with van der Waals surface area (Å²) in [5, 5.41) is 10.3. The number of pyridine rings is 3. The van der Waals surface area contributed by atoms with Gasteiger partial charge in [0.25, 0.3) is 0 Å². The van der Waals surface area contributed by atoms with Gasteiger partial charge in [0.05, 0.1) is 29.7 Å². The predicted molar refractivity (Wildman–Crippen MR) is 141 cm³/mol. The number of amides is 1. The third kappa shape index (κ3) is 4.19. The number of piperazine rings is 1. The van der Waals surface area contributed by atoms with Crippen LogP contribution in [0.15, 0.2) is 37.0 Å². The molecule has 0 spiro atoms. The van der Waals surface area contributed by atoms with Crippen LogP contribution in [0.1, 0.15) is 49.4 Å². The van der Waals surface area contributed by atoms with Crippen LogP contribution in [0, 0.1) is 5.92 Å². The number of aliphatic hydroxyl groups is 1. The maximum atomic E-state index is 12.7. The van der Waals surface area contributed by atoms with E-state index in [1.54, 1.807) is 12.3 Å². The van der Waals surface area contributed by atoms with Gasteiger partial charge in [-0.1, -0.05) is 6.58 Å². The number of carbonyl (C=O) groups is 1. The minimum Gasteiger partial charge on any atom is -0.396 e. The van der Waals surface area contributed by atoms with Crippen molar-refractivity contribution in [1.29, 1.82) is 0 Å². The molecule has 0 radical (unpaired) electrons. The molecule has 3 aromatic rings. The highest BCUT2D eigenvalue weighted by Crippen LogP contribution is 2.47. The Labute approximate surface area is 210 Å². The van der Waals surface area contributed by atoms with E-state index in [9.17, 15) is 9.90 Å².